The monoisotopic (exact) mass is 196 g/mol. The van der Waals surface area contributed by atoms with Gasteiger partial charge in [0.25, 0.3) is 0 Å². The second-order valence-corrected chi connectivity index (χ2v) is 4.88. The summed E-state index contributed by atoms with van der Waals surface area (Å²) in [6.45, 7) is 6.32. The van der Waals surface area contributed by atoms with Gasteiger partial charge in [-0.3, -0.25) is 0 Å². The van der Waals surface area contributed by atoms with Gasteiger partial charge in [-0.25, -0.2) is 10.0 Å². The first-order valence-corrected chi connectivity index (χ1v) is 6.39. The Morgan fingerprint density at radius 3 is 2.07 bits per heavy atom. The zero-order chi connectivity index (χ0) is 9.80. The van der Waals surface area contributed by atoms with Gasteiger partial charge >= 0.3 is 0 Å². The van der Waals surface area contributed by atoms with E-state index >= 15 is 0 Å². The summed E-state index contributed by atoms with van der Waals surface area (Å²) in [4.78, 5) is 0. The van der Waals surface area contributed by atoms with Crippen LogP contribution in [0.1, 0.15) is 51.9 Å². The molecule has 0 bridgehead atoms. The maximum atomic E-state index is 2.65. The summed E-state index contributed by atoms with van der Waals surface area (Å²) in [5, 5.41) is 5.28. The van der Waals surface area contributed by atoms with Crippen LogP contribution in [0.5, 0.6) is 0 Å². The van der Waals surface area contributed by atoms with Crippen molar-refractivity contribution in [1.82, 2.24) is 10.0 Å². The van der Waals surface area contributed by atoms with Gasteiger partial charge in [0, 0.05) is 25.7 Å². The summed E-state index contributed by atoms with van der Waals surface area (Å²) in [7, 11) is 0. The Balaban J connectivity index is 1.90. The Morgan fingerprint density at radius 2 is 1.43 bits per heavy atom. The molecule has 2 saturated heterocycles. The molecule has 82 valence electrons. The van der Waals surface area contributed by atoms with Crippen LogP contribution >= 0.6 is 0 Å². The summed E-state index contributed by atoms with van der Waals surface area (Å²) < 4.78 is 0. The lowest BCUT2D eigenvalue weighted by Crippen LogP contribution is -2.50. The van der Waals surface area contributed by atoms with Gasteiger partial charge in [0.15, 0.2) is 0 Å². The third kappa shape index (κ3) is 2.48. The molecule has 2 nitrogen and oxygen atoms in total. The molecule has 0 radical (unpaired) electrons. The molecule has 2 rings (SSSR count). The molecule has 0 amide bonds. The maximum absolute atomic E-state index is 2.65. The van der Waals surface area contributed by atoms with Crippen molar-refractivity contribution in [3.63, 3.8) is 0 Å². The van der Waals surface area contributed by atoms with Crippen LogP contribution in [0.4, 0.5) is 0 Å². The van der Waals surface area contributed by atoms with E-state index < -0.39 is 0 Å². The van der Waals surface area contributed by atoms with Gasteiger partial charge in [-0.2, -0.15) is 0 Å². The Labute approximate surface area is 88.2 Å². The topological polar surface area (TPSA) is 6.48 Å². The van der Waals surface area contributed by atoms with E-state index in [2.05, 4.69) is 16.9 Å². The largest absolute Gasteiger partial charge is 0.242 e. The number of rotatable bonds is 1. The molecular formula is C12H24N2. The van der Waals surface area contributed by atoms with Crippen molar-refractivity contribution in [3.05, 3.63) is 0 Å². The summed E-state index contributed by atoms with van der Waals surface area (Å²) in [6.07, 6.45) is 9.94. The molecule has 0 aromatic rings. The molecule has 0 aliphatic carbocycles. The lowest BCUT2D eigenvalue weighted by atomic mass is 10.1. The summed E-state index contributed by atoms with van der Waals surface area (Å²) >= 11 is 0. The lowest BCUT2D eigenvalue weighted by Gasteiger charge is -2.41. The van der Waals surface area contributed by atoms with E-state index in [9.17, 15) is 0 Å². The van der Waals surface area contributed by atoms with Crippen molar-refractivity contribution in [2.75, 3.05) is 19.6 Å². The van der Waals surface area contributed by atoms with Crippen molar-refractivity contribution in [3.8, 4) is 0 Å². The van der Waals surface area contributed by atoms with Crippen LogP contribution in [0.25, 0.3) is 0 Å². The Kier molecular flexibility index (Phi) is 3.82. The second kappa shape index (κ2) is 5.13. The molecule has 2 heteroatoms. The molecule has 0 N–H and O–H groups in total. The summed E-state index contributed by atoms with van der Waals surface area (Å²) in [5.41, 5.74) is 0. The molecule has 0 saturated carbocycles. The van der Waals surface area contributed by atoms with Crippen molar-refractivity contribution in [2.24, 2.45) is 0 Å². The van der Waals surface area contributed by atoms with E-state index in [4.69, 9.17) is 0 Å². The highest BCUT2D eigenvalue weighted by Crippen LogP contribution is 2.21. The lowest BCUT2D eigenvalue weighted by molar-refractivity contribution is -0.0702. The Bertz CT molecular complexity index is 162. The summed E-state index contributed by atoms with van der Waals surface area (Å²) in [6, 6.07) is 0.793. The van der Waals surface area contributed by atoms with Crippen LogP contribution in [0.15, 0.2) is 0 Å². The fourth-order valence-corrected chi connectivity index (χ4v) is 2.81. The van der Waals surface area contributed by atoms with E-state index in [0.29, 0.717) is 0 Å². The van der Waals surface area contributed by atoms with E-state index in [1.807, 2.05) is 0 Å². The number of nitrogens with zero attached hydrogens (tertiary/aromatic N) is 2. The average molecular weight is 196 g/mol. The smallest absolute Gasteiger partial charge is 0.0217 e. The number of piperidine rings is 1. The van der Waals surface area contributed by atoms with Crippen LogP contribution in [-0.2, 0) is 0 Å². The van der Waals surface area contributed by atoms with Gasteiger partial charge in [-0.05, 0) is 32.6 Å². The van der Waals surface area contributed by atoms with Crippen molar-refractivity contribution < 1.29 is 0 Å². The molecule has 2 aliphatic heterocycles. The van der Waals surface area contributed by atoms with Crippen LogP contribution in [0, 0.1) is 0 Å². The molecule has 1 unspecified atom stereocenters. The SMILES string of the molecule is CC1CCCCN1N1CCCCCC1. The second-order valence-electron chi connectivity index (χ2n) is 4.88. The van der Waals surface area contributed by atoms with Crippen LogP contribution < -0.4 is 0 Å². The molecule has 2 heterocycles. The highest BCUT2D eigenvalue weighted by atomic mass is 15.6. The van der Waals surface area contributed by atoms with Crippen LogP contribution in [-0.4, -0.2) is 35.7 Å². The Hall–Kier alpha value is -0.0800. The quantitative estimate of drug-likeness (QED) is 0.636. The van der Waals surface area contributed by atoms with Crippen molar-refractivity contribution in [2.45, 2.75) is 57.9 Å². The molecule has 14 heavy (non-hydrogen) atoms. The molecule has 2 aliphatic rings. The van der Waals surface area contributed by atoms with E-state index in [1.165, 1.54) is 64.6 Å². The highest BCUT2D eigenvalue weighted by molar-refractivity contribution is 4.73. The van der Waals surface area contributed by atoms with Gasteiger partial charge < -0.3 is 0 Å². The normalized spacial score (nSPS) is 32.8. The molecule has 0 spiro atoms. The minimum Gasteiger partial charge on any atom is -0.242 e. The zero-order valence-electron chi connectivity index (χ0n) is 9.54. The standard InChI is InChI=1S/C12H24N2/c1-12-8-4-7-11-14(12)13-9-5-2-3-6-10-13/h12H,2-11H2,1H3. The van der Waals surface area contributed by atoms with Crippen LogP contribution in [0.3, 0.4) is 0 Å². The minimum absolute atomic E-state index is 0.793. The molecule has 2 fully saturated rings. The van der Waals surface area contributed by atoms with Crippen molar-refractivity contribution >= 4 is 0 Å². The van der Waals surface area contributed by atoms with Gasteiger partial charge in [-0.15, -0.1) is 0 Å². The van der Waals surface area contributed by atoms with Gasteiger partial charge in [-0.1, -0.05) is 19.3 Å². The third-order valence-corrected chi connectivity index (χ3v) is 3.71. The first-order chi connectivity index (χ1) is 6.88. The maximum Gasteiger partial charge on any atom is 0.0217 e. The number of hydrazine groups is 1. The van der Waals surface area contributed by atoms with Gasteiger partial charge in [0.1, 0.15) is 0 Å². The fraction of sp³-hybridized carbons (Fsp3) is 1.00. The van der Waals surface area contributed by atoms with Crippen LogP contribution in [0.2, 0.25) is 0 Å². The van der Waals surface area contributed by atoms with E-state index in [1.54, 1.807) is 0 Å². The Morgan fingerprint density at radius 1 is 0.786 bits per heavy atom. The van der Waals surface area contributed by atoms with E-state index in [0.717, 1.165) is 6.04 Å². The summed E-state index contributed by atoms with van der Waals surface area (Å²) in [5.74, 6) is 0. The zero-order valence-corrected chi connectivity index (χ0v) is 9.54. The minimum atomic E-state index is 0.793. The predicted octanol–water partition coefficient (Wildman–Crippen LogP) is 2.65. The van der Waals surface area contributed by atoms with Gasteiger partial charge in [0.2, 0.25) is 0 Å². The average Bonchev–Trinajstić information content (AvgIpc) is 2.47. The number of hydrogen-bond acceptors (Lipinski definition) is 2. The molecule has 0 aromatic carbocycles. The highest BCUT2D eigenvalue weighted by Gasteiger charge is 2.24. The molecular weight excluding hydrogens is 172 g/mol. The third-order valence-electron chi connectivity index (χ3n) is 3.71. The molecule has 0 aromatic heterocycles. The van der Waals surface area contributed by atoms with Gasteiger partial charge in [0.05, 0.1) is 0 Å². The molecule has 1 atom stereocenters. The first-order valence-electron chi connectivity index (χ1n) is 6.39. The fourth-order valence-electron chi connectivity index (χ4n) is 2.81. The number of hydrogen-bond donors (Lipinski definition) is 0. The first kappa shape index (κ1) is 10.4. The van der Waals surface area contributed by atoms with E-state index in [-0.39, 0.29) is 0 Å². The predicted molar refractivity (Wildman–Crippen MR) is 60.1 cm³/mol. The van der Waals surface area contributed by atoms with Crippen molar-refractivity contribution in [1.29, 1.82) is 0 Å².